The average molecular weight is 434 g/mol. The minimum absolute atomic E-state index is 0.0190. The normalized spacial score (nSPS) is 21.7. The van der Waals surface area contributed by atoms with Crippen LogP contribution < -0.4 is 9.80 Å². The Morgan fingerprint density at radius 1 is 1.13 bits per heavy atom. The van der Waals surface area contributed by atoms with Crippen LogP contribution in [0.1, 0.15) is 23.4 Å². The molecule has 3 aliphatic heterocycles. The van der Waals surface area contributed by atoms with Crippen molar-refractivity contribution in [2.75, 3.05) is 16.3 Å². The maximum absolute atomic E-state index is 13.9. The Kier molecular flexibility index (Phi) is 3.89. The van der Waals surface area contributed by atoms with Gasteiger partial charge in [0.15, 0.2) is 4.87 Å². The van der Waals surface area contributed by atoms with Crippen molar-refractivity contribution in [3.63, 3.8) is 0 Å². The first kappa shape index (κ1) is 18.2. The smallest absolute Gasteiger partial charge is 0.264 e. The van der Waals surface area contributed by atoms with Gasteiger partial charge in [0.1, 0.15) is 0 Å². The van der Waals surface area contributed by atoms with Gasteiger partial charge in [0.25, 0.3) is 5.91 Å². The van der Waals surface area contributed by atoms with E-state index in [1.165, 1.54) is 17.3 Å². The molecule has 0 saturated carbocycles. The number of nitrogens with zero attached hydrogens (tertiary/aromatic N) is 3. The zero-order valence-electron chi connectivity index (χ0n) is 16.4. The number of hydrogen-bond acceptors (Lipinski definition) is 5. The number of para-hydroxylation sites is 1. The maximum atomic E-state index is 13.9. The van der Waals surface area contributed by atoms with Gasteiger partial charge in [-0.1, -0.05) is 30.0 Å². The highest BCUT2D eigenvalue weighted by molar-refractivity contribution is 8.02. The molecule has 3 aromatic rings. The van der Waals surface area contributed by atoms with E-state index in [0.717, 1.165) is 39.0 Å². The lowest BCUT2D eigenvalue weighted by molar-refractivity contribution is -0.122. The standard InChI is InChI=1S/C23H19N3O2S2/c1-14-24-17(13-29-14)15-6-7-18-16(12-15)9-11-25(18)22(28)23-10-8-21(27)26(23)19-4-2-3-5-20(19)30-23/h2-7,12-13H,8-11H2,1H3. The first-order valence-corrected chi connectivity index (χ1v) is 11.7. The van der Waals surface area contributed by atoms with Crippen molar-refractivity contribution in [3.05, 3.63) is 58.4 Å². The van der Waals surface area contributed by atoms with Gasteiger partial charge in [-0.3, -0.25) is 14.5 Å². The molecule has 150 valence electrons. The number of amides is 2. The molecule has 1 aromatic heterocycles. The molecule has 0 N–H and O–H groups in total. The van der Waals surface area contributed by atoms with Gasteiger partial charge in [-0.05, 0) is 49.6 Å². The number of anilines is 2. The van der Waals surface area contributed by atoms with Gasteiger partial charge in [-0.2, -0.15) is 0 Å². The van der Waals surface area contributed by atoms with Crippen LogP contribution in [0, 0.1) is 6.92 Å². The number of fused-ring (bicyclic) bond motifs is 4. The lowest BCUT2D eigenvalue weighted by Gasteiger charge is -2.33. The summed E-state index contributed by atoms with van der Waals surface area (Å²) in [5.74, 6) is 0.0556. The minimum Gasteiger partial charge on any atom is -0.309 e. The molecule has 1 fully saturated rings. The number of aryl methyl sites for hydroxylation is 1. The van der Waals surface area contributed by atoms with Gasteiger partial charge in [0, 0.05) is 34.5 Å². The molecule has 0 spiro atoms. The van der Waals surface area contributed by atoms with E-state index >= 15 is 0 Å². The zero-order chi connectivity index (χ0) is 20.5. The van der Waals surface area contributed by atoms with Gasteiger partial charge >= 0.3 is 0 Å². The molecular weight excluding hydrogens is 414 g/mol. The van der Waals surface area contributed by atoms with Crippen molar-refractivity contribution in [2.24, 2.45) is 0 Å². The lowest BCUT2D eigenvalue weighted by Crippen LogP contribution is -2.53. The summed E-state index contributed by atoms with van der Waals surface area (Å²) in [5, 5.41) is 3.12. The number of benzene rings is 2. The highest BCUT2D eigenvalue weighted by Gasteiger charge is 2.59. The molecule has 0 bridgehead atoms. The lowest BCUT2D eigenvalue weighted by atomic mass is 10.1. The number of thiazole rings is 1. The molecule has 3 aliphatic rings. The first-order valence-electron chi connectivity index (χ1n) is 10.1. The highest BCUT2D eigenvalue weighted by Crippen LogP contribution is 2.57. The van der Waals surface area contributed by atoms with Crippen LogP contribution >= 0.6 is 23.1 Å². The van der Waals surface area contributed by atoms with Crippen molar-refractivity contribution in [2.45, 2.75) is 36.0 Å². The van der Waals surface area contributed by atoms with E-state index in [-0.39, 0.29) is 11.8 Å². The summed E-state index contributed by atoms with van der Waals surface area (Å²) < 4.78 is 0. The molecule has 0 radical (unpaired) electrons. The monoisotopic (exact) mass is 433 g/mol. The van der Waals surface area contributed by atoms with Gasteiger partial charge in [-0.15, -0.1) is 11.3 Å². The average Bonchev–Trinajstić information content (AvgIpc) is 3.50. The van der Waals surface area contributed by atoms with Gasteiger partial charge in [0.05, 0.1) is 16.4 Å². The third-order valence-electron chi connectivity index (χ3n) is 6.14. The summed E-state index contributed by atoms with van der Waals surface area (Å²) in [6.07, 6.45) is 1.78. The summed E-state index contributed by atoms with van der Waals surface area (Å²) in [5.41, 5.74) is 5.07. The Labute approximate surface area is 182 Å². The fourth-order valence-corrected chi connectivity index (χ4v) is 6.85. The Morgan fingerprint density at radius 3 is 2.83 bits per heavy atom. The second kappa shape index (κ2) is 6.43. The van der Waals surface area contributed by atoms with E-state index in [1.807, 2.05) is 48.2 Å². The molecule has 5 nitrogen and oxygen atoms in total. The van der Waals surface area contributed by atoms with E-state index in [4.69, 9.17) is 0 Å². The van der Waals surface area contributed by atoms with Crippen LogP contribution in [-0.2, 0) is 16.0 Å². The number of hydrogen-bond donors (Lipinski definition) is 0. The quantitative estimate of drug-likeness (QED) is 0.591. The number of carbonyl (C=O) groups excluding carboxylic acids is 2. The molecular formula is C23H19N3O2S2. The Morgan fingerprint density at radius 2 is 2.00 bits per heavy atom. The van der Waals surface area contributed by atoms with Crippen molar-refractivity contribution >= 4 is 46.3 Å². The summed E-state index contributed by atoms with van der Waals surface area (Å²) >= 11 is 3.18. The maximum Gasteiger partial charge on any atom is 0.264 e. The predicted molar refractivity (Wildman–Crippen MR) is 120 cm³/mol. The molecule has 7 heteroatoms. The minimum atomic E-state index is -0.854. The van der Waals surface area contributed by atoms with Crippen LogP contribution in [0.3, 0.4) is 0 Å². The third-order valence-corrected chi connectivity index (χ3v) is 8.38. The Bertz CT molecular complexity index is 1220. The number of thioether (sulfide) groups is 1. The van der Waals surface area contributed by atoms with Gasteiger partial charge in [0.2, 0.25) is 5.91 Å². The number of rotatable bonds is 2. The van der Waals surface area contributed by atoms with Crippen LogP contribution in [-0.4, -0.2) is 28.2 Å². The van der Waals surface area contributed by atoms with Crippen LogP contribution in [0.4, 0.5) is 11.4 Å². The second-order valence-corrected chi connectivity index (χ2v) is 10.3. The molecule has 2 amide bonds. The molecule has 0 aliphatic carbocycles. The second-order valence-electron chi connectivity index (χ2n) is 7.89. The summed E-state index contributed by atoms with van der Waals surface area (Å²) in [6.45, 7) is 2.65. The van der Waals surface area contributed by atoms with Crippen LogP contribution in [0.2, 0.25) is 0 Å². The van der Waals surface area contributed by atoms with Crippen molar-refractivity contribution in [3.8, 4) is 11.3 Å². The van der Waals surface area contributed by atoms with Gasteiger partial charge in [-0.25, -0.2) is 4.98 Å². The van der Waals surface area contributed by atoms with E-state index in [1.54, 1.807) is 16.2 Å². The third kappa shape index (κ3) is 2.45. The van der Waals surface area contributed by atoms with Crippen molar-refractivity contribution < 1.29 is 9.59 Å². The molecule has 1 unspecified atom stereocenters. The summed E-state index contributed by atoms with van der Waals surface area (Å²) in [4.78, 5) is 35.0. The Balaban J connectivity index is 1.36. The van der Waals surface area contributed by atoms with E-state index in [0.29, 0.717) is 19.4 Å². The molecule has 2 aromatic carbocycles. The van der Waals surface area contributed by atoms with Crippen LogP contribution in [0.25, 0.3) is 11.3 Å². The van der Waals surface area contributed by atoms with Crippen molar-refractivity contribution in [1.29, 1.82) is 0 Å². The van der Waals surface area contributed by atoms with Crippen LogP contribution in [0.15, 0.2) is 52.7 Å². The molecule has 4 heterocycles. The summed E-state index contributed by atoms with van der Waals surface area (Å²) in [7, 11) is 0. The molecule has 1 atom stereocenters. The SMILES string of the molecule is Cc1nc(-c2ccc3c(c2)CCN3C(=O)C23CCC(=O)N2c2ccccc2S3)cs1. The zero-order valence-corrected chi connectivity index (χ0v) is 18.1. The first-order chi connectivity index (χ1) is 14.6. The predicted octanol–water partition coefficient (Wildman–Crippen LogP) is 4.64. The fourth-order valence-electron chi connectivity index (χ4n) is 4.76. The summed E-state index contributed by atoms with van der Waals surface area (Å²) in [6, 6.07) is 14.1. The molecule has 30 heavy (non-hydrogen) atoms. The van der Waals surface area contributed by atoms with Crippen LogP contribution in [0.5, 0.6) is 0 Å². The fraction of sp³-hybridized carbons (Fsp3) is 0.261. The number of aromatic nitrogens is 1. The largest absolute Gasteiger partial charge is 0.309 e. The number of carbonyl (C=O) groups is 2. The molecule has 6 rings (SSSR count). The van der Waals surface area contributed by atoms with E-state index in [2.05, 4.69) is 16.4 Å². The van der Waals surface area contributed by atoms with Crippen molar-refractivity contribution in [1.82, 2.24) is 4.98 Å². The topological polar surface area (TPSA) is 53.5 Å². The van der Waals surface area contributed by atoms with Gasteiger partial charge < -0.3 is 4.90 Å². The highest BCUT2D eigenvalue weighted by atomic mass is 32.2. The molecule has 1 saturated heterocycles. The Hall–Kier alpha value is -2.64. The van der Waals surface area contributed by atoms with E-state index in [9.17, 15) is 9.59 Å². The van der Waals surface area contributed by atoms with E-state index < -0.39 is 4.87 Å².